The lowest BCUT2D eigenvalue weighted by Gasteiger charge is -2.35. The second kappa shape index (κ2) is 9.37. The van der Waals surface area contributed by atoms with Gasteiger partial charge in [0.05, 0.1) is 30.1 Å². The molecular formula is C21H25Cl2N3O4. The SMILES string of the molecule is Cc1nn(Cc2c(Cl)cccc2Cl)c(C)c1C(=O)OCC(=O)N1C[C@@H](C)O[C@@H](C)C1. The van der Waals surface area contributed by atoms with Crippen LogP contribution in [0.2, 0.25) is 10.0 Å². The van der Waals surface area contributed by atoms with Crippen LogP contribution in [0.3, 0.4) is 0 Å². The summed E-state index contributed by atoms with van der Waals surface area (Å²) in [6.07, 6.45) is -0.0967. The summed E-state index contributed by atoms with van der Waals surface area (Å²) >= 11 is 12.5. The lowest BCUT2D eigenvalue weighted by atomic mass is 10.2. The standard InChI is InChI=1S/C21H25Cl2N3O4/c1-12-8-25(9-13(2)30-12)19(27)11-29-21(28)20-14(3)24-26(15(20)4)10-16-17(22)6-5-7-18(16)23/h5-7,12-13H,8-11H2,1-4H3/t12-,13+. The van der Waals surface area contributed by atoms with Crippen LogP contribution in [0, 0.1) is 13.8 Å². The number of rotatable bonds is 5. The molecule has 1 aliphatic heterocycles. The fourth-order valence-corrected chi connectivity index (χ4v) is 4.17. The molecule has 3 rings (SSSR count). The van der Waals surface area contributed by atoms with Gasteiger partial charge in [0.2, 0.25) is 0 Å². The van der Waals surface area contributed by atoms with Crippen molar-refractivity contribution in [2.75, 3.05) is 19.7 Å². The van der Waals surface area contributed by atoms with Crippen molar-refractivity contribution in [3.63, 3.8) is 0 Å². The quantitative estimate of drug-likeness (QED) is 0.645. The summed E-state index contributed by atoms with van der Waals surface area (Å²) in [6.45, 7) is 8.28. The molecule has 1 aromatic carbocycles. The maximum absolute atomic E-state index is 12.7. The van der Waals surface area contributed by atoms with Gasteiger partial charge in [-0.05, 0) is 39.8 Å². The number of hydrogen-bond acceptors (Lipinski definition) is 5. The molecule has 1 fully saturated rings. The Labute approximate surface area is 185 Å². The molecule has 30 heavy (non-hydrogen) atoms. The van der Waals surface area contributed by atoms with Crippen molar-refractivity contribution in [2.45, 2.75) is 46.4 Å². The first-order valence-electron chi connectivity index (χ1n) is 9.74. The molecule has 2 atom stereocenters. The Morgan fingerprint density at radius 2 is 1.77 bits per heavy atom. The van der Waals surface area contributed by atoms with Gasteiger partial charge < -0.3 is 14.4 Å². The number of morpholine rings is 1. The van der Waals surface area contributed by atoms with E-state index >= 15 is 0 Å². The molecule has 2 heterocycles. The molecule has 7 nitrogen and oxygen atoms in total. The third-order valence-corrected chi connectivity index (χ3v) is 5.76. The molecule has 1 aliphatic rings. The number of nitrogens with zero attached hydrogens (tertiary/aromatic N) is 3. The Bertz CT molecular complexity index is 930. The van der Waals surface area contributed by atoms with E-state index in [1.54, 1.807) is 41.6 Å². The molecule has 162 valence electrons. The van der Waals surface area contributed by atoms with Crippen LogP contribution in [0.4, 0.5) is 0 Å². The summed E-state index contributed by atoms with van der Waals surface area (Å²) in [7, 11) is 0. The number of benzene rings is 1. The first-order chi connectivity index (χ1) is 14.2. The predicted octanol–water partition coefficient (Wildman–Crippen LogP) is 3.65. The third-order valence-electron chi connectivity index (χ3n) is 5.05. The molecule has 0 saturated carbocycles. The van der Waals surface area contributed by atoms with Gasteiger partial charge in [-0.25, -0.2) is 4.79 Å². The van der Waals surface area contributed by atoms with Crippen LogP contribution in [0.25, 0.3) is 0 Å². The largest absolute Gasteiger partial charge is 0.452 e. The smallest absolute Gasteiger partial charge is 0.342 e. The van der Waals surface area contributed by atoms with Crippen LogP contribution in [0.5, 0.6) is 0 Å². The van der Waals surface area contributed by atoms with E-state index in [0.717, 1.165) is 5.56 Å². The highest BCUT2D eigenvalue weighted by atomic mass is 35.5. The maximum Gasteiger partial charge on any atom is 0.342 e. The van der Waals surface area contributed by atoms with Gasteiger partial charge in [-0.1, -0.05) is 29.3 Å². The Morgan fingerprint density at radius 3 is 2.37 bits per heavy atom. The molecule has 9 heteroatoms. The topological polar surface area (TPSA) is 73.7 Å². The van der Waals surface area contributed by atoms with Gasteiger partial charge in [0.15, 0.2) is 6.61 Å². The molecule has 1 amide bonds. The Morgan fingerprint density at radius 1 is 1.17 bits per heavy atom. The van der Waals surface area contributed by atoms with E-state index in [1.165, 1.54) is 0 Å². The number of carbonyl (C=O) groups excluding carboxylic acids is 2. The van der Waals surface area contributed by atoms with E-state index < -0.39 is 5.97 Å². The molecule has 1 saturated heterocycles. The number of halogens is 2. The average Bonchev–Trinajstić information content (AvgIpc) is 2.95. The fourth-order valence-electron chi connectivity index (χ4n) is 3.65. The van der Waals surface area contributed by atoms with E-state index in [9.17, 15) is 9.59 Å². The van der Waals surface area contributed by atoms with Crippen LogP contribution in [-0.4, -0.2) is 58.5 Å². The maximum atomic E-state index is 12.7. The average molecular weight is 454 g/mol. The van der Waals surface area contributed by atoms with Crippen molar-refractivity contribution < 1.29 is 19.1 Å². The highest BCUT2D eigenvalue weighted by Crippen LogP contribution is 2.26. The zero-order valence-corrected chi connectivity index (χ0v) is 19.0. The monoisotopic (exact) mass is 453 g/mol. The van der Waals surface area contributed by atoms with Crippen LogP contribution < -0.4 is 0 Å². The number of carbonyl (C=O) groups is 2. The lowest BCUT2D eigenvalue weighted by Crippen LogP contribution is -2.49. The van der Waals surface area contributed by atoms with Crippen molar-refractivity contribution in [3.8, 4) is 0 Å². The predicted molar refractivity (Wildman–Crippen MR) is 114 cm³/mol. The molecule has 0 spiro atoms. The summed E-state index contributed by atoms with van der Waals surface area (Å²) < 4.78 is 12.6. The summed E-state index contributed by atoms with van der Waals surface area (Å²) in [6, 6.07) is 5.27. The summed E-state index contributed by atoms with van der Waals surface area (Å²) in [5, 5.41) is 5.49. The molecule has 0 radical (unpaired) electrons. The number of amides is 1. The summed E-state index contributed by atoms with van der Waals surface area (Å²) in [5.41, 5.74) is 2.20. The third kappa shape index (κ3) is 4.96. The Kier molecular flexibility index (Phi) is 7.06. The molecular weight excluding hydrogens is 429 g/mol. The molecule has 0 unspecified atom stereocenters. The van der Waals surface area contributed by atoms with E-state index in [4.69, 9.17) is 32.7 Å². The van der Waals surface area contributed by atoms with Crippen molar-refractivity contribution in [3.05, 3.63) is 50.8 Å². The Balaban J connectivity index is 1.69. The van der Waals surface area contributed by atoms with Gasteiger partial charge in [-0.15, -0.1) is 0 Å². The van der Waals surface area contributed by atoms with Gasteiger partial charge in [-0.2, -0.15) is 5.10 Å². The normalized spacial score (nSPS) is 19.1. The minimum absolute atomic E-state index is 0.0484. The Hall–Kier alpha value is -2.09. The van der Waals surface area contributed by atoms with E-state index in [-0.39, 0.29) is 24.7 Å². The van der Waals surface area contributed by atoms with E-state index in [1.807, 2.05) is 13.8 Å². The first-order valence-corrected chi connectivity index (χ1v) is 10.5. The number of hydrogen-bond donors (Lipinski definition) is 0. The van der Waals surface area contributed by atoms with Crippen LogP contribution in [0.1, 0.15) is 41.2 Å². The number of esters is 1. The van der Waals surface area contributed by atoms with Gasteiger partial charge in [-0.3, -0.25) is 9.48 Å². The second-order valence-electron chi connectivity index (χ2n) is 7.54. The number of aromatic nitrogens is 2. The van der Waals surface area contributed by atoms with E-state index in [0.29, 0.717) is 46.6 Å². The highest BCUT2D eigenvalue weighted by molar-refractivity contribution is 6.35. The first kappa shape index (κ1) is 22.6. The molecule has 0 aliphatic carbocycles. The zero-order valence-electron chi connectivity index (χ0n) is 17.4. The van der Waals surface area contributed by atoms with Crippen molar-refractivity contribution in [2.24, 2.45) is 0 Å². The fraction of sp³-hybridized carbons (Fsp3) is 0.476. The molecule has 0 bridgehead atoms. The van der Waals surface area contributed by atoms with Crippen molar-refractivity contribution >= 4 is 35.1 Å². The van der Waals surface area contributed by atoms with Crippen molar-refractivity contribution in [1.82, 2.24) is 14.7 Å². The highest BCUT2D eigenvalue weighted by Gasteiger charge is 2.27. The zero-order chi connectivity index (χ0) is 22.0. The number of aryl methyl sites for hydroxylation is 1. The van der Waals surface area contributed by atoms with Gasteiger partial charge in [0.25, 0.3) is 5.91 Å². The van der Waals surface area contributed by atoms with Gasteiger partial charge >= 0.3 is 5.97 Å². The van der Waals surface area contributed by atoms with Gasteiger partial charge in [0, 0.05) is 28.7 Å². The molecule has 2 aromatic rings. The lowest BCUT2D eigenvalue weighted by molar-refractivity contribution is -0.146. The minimum Gasteiger partial charge on any atom is -0.452 e. The molecule has 1 aromatic heterocycles. The van der Waals surface area contributed by atoms with Crippen LogP contribution in [0.15, 0.2) is 18.2 Å². The van der Waals surface area contributed by atoms with Crippen LogP contribution in [-0.2, 0) is 20.8 Å². The van der Waals surface area contributed by atoms with Crippen molar-refractivity contribution in [1.29, 1.82) is 0 Å². The second-order valence-corrected chi connectivity index (χ2v) is 8.35. The summed E-state index contributed by atoms with van der Waals surface area (Å²) in [5.74, 6) is -0.819. The van der Waals surface area contributed by atoms with E-state index in [2.05, 4.69) is 5.10 Å². The van der Waals surface area contributed by atoms with Crippen LogP contribution >= 0.6 is 23.2 Å². The van der Waals surface area contributed by atoms with Gasteiger partial charge in [0.1, 0.15) is 5.56 Å². The summed E-state index contributed by atoms with van der Waals surface area (Å²) in [4.78, 5) is 26.8. The molecule has 0 N–H and O–H groups in total. The number of ether oxygens (including phenoxy) is 2. The minimum atomic E-state index is -0.579.